The molecule has 2 rings (SSSR count). The van der Waals surface area contributed by atoms with E-state index in [9.17, 15) is 0 Å². The van der Waals surface area contributed by atoms with Crippen LogP contribution >= 0.6 is 15.9 Å². The Bertz CT molecular complexity index is 427. The topological polar surface area (TPSA) is 21.3 Å². The molecule has 19 heavy (non-hydrogen) atoms. The van der Waals surface area contributed by atoms with Gasteiger partial charge in [-0.1, -0.05) is 48.7 Å². The summed E-state index contributed by atoms with van der Waals surface area (Å²) >= 11 is 3.71. The van der Waals surface area contributed by atoms with E-state index in [-0.39, 0.29) is 0 Å². The predicted octanol–water partition coefficient (Wildman–Crippen LogP) is 4.69. The molecule has 0 spiro atoms. The van der Waals surface area contributed by atoms with Gasteiger partial charge in [-0.25, -0.2) is 0 Å². The maximum absolute atomic E-state index is 5.29. The van der Waals surface area contributed by atoms with Crippen molar-refractivity contribution < 1.29 is 4.74 Å². The third kappa shape index (κ3) is 3.14. The normalized spacial score (nSPS) is 19.4. The average Bonchev–Trinajstić information content (AvgIpc) is 2.84. The number of nitrogens with one attached hydrogen (secondary N) is 1. The van der Waals surface area contributed by atoms with Crippen LogP contribution in [0.5, 0.6) is 5.75 Å². The van der Waals surface area contributed by atoms with Gasteiger partial charge in [0.2, 0.25) is 0 Å². The van der Waals surface area contributed by atoms with Gasteiger partial charge in [-0.15, -0.1) is 0 Å². The number of hydrogen-bond acceptors (Lipinski definition) is 2. The second-order valence-corrected chi connectivity index (χ2v) is 6.59. The van der Waals surface area contributed by atoms with E-state index in [0.29, 0.717) is 11.5 Å². The van der Waals surface area contributed by atoms with E-state index in [2.05, 4.69) is 53.3 Å². The number of hydrogen-bond donors (Lipinski definition) is 1. The Hall–Kier alpha value is -0.540. The van der Waals surface area contributed by atoms with E-state index >= 15 is 0 Å². The van der Waals surface area contributed by atoms with Crippen LogP contribution in [0.1, 0.15) is 51.1 Å². The third-order valence-electron chi connectivity index (χ3n) is 4.37. The summed E-state index contributed by atoms with van der Waals surface area (Å²) in [4.78, 5) is 0. The Labute approximate surface area is 125 Å². The van der Waals surface area contributed by atoms with Gasteiger partial charge in [0.15, 0.2) is 0 Å². The average molecular weight is 326 g/mol. The van der Waals surface area contributed by atoms with Crippen molar-refractivity contribution in [1.82, 2.24) is 5.32 Å². The molecule has 1 aliphatic carbocycles. The van der Waals surface area contributed by atoms with Gasteiger partial charge in [0.05, 0.1) is 7.11 Å². The highest BCUT2D eigenvalue weighted by atomic mass is 79.9. The molecule has 1 saturated carbocycles. The summed E-state index contributed by atoms with van der Waals surface area (Å²) in [5.41, 5.74) is 1.72. The van der Waals surface area contributed by atoms with Crippen molar-refractivity contribution in [2.75, 3.05) is 13.7 Å². The van der Waals surface area contributed by atoms with Crippen molar-refractivity contribution >= 4 is 15.9 Å². The molecule has 0 aromatic heterocycles. The zero-order valence-electron chi connectivity index (χ0n) is 12.1. The Morgan fingerprint density at radius 1 is 1.37 bits per heavy atom. The van der Waals surface area contributed by atoms with Crippen molar-refractivity contribution in [3.8, 4) is 5.75 Å². The van der Waals surface area contributed by atoms with Gasteiger partial charge >= 0.3 is 0 Å². The Kier molecular flexibility index (Phi) is 4.91. The highest BCUT2D eigenvalue weighted by Gasteiger charge is 2.38. The molecule has 106 valence electrons. The predicted molar refractivity (Wildman–Crippen MR) is 83.7 cm³/mol. The minimum Gasteiger partial charge on any atom is -0.497 e. The Morgan fingerprint density at radius 2 is 2.05 bits per heavy atom. The monoisotopic (exact) mass is 325 g/mol. The van der Waals surface area contributed by atoms with Gasteiger partial charge < -0.3 is 10.1 Å². The summed E-state index contributed by atoms with van der Waals surface area (Å²) in [6.45, 7) is 5.60. The molecule has 3 heteroatoms. The molecule has 0 radical (unpaired) electrons. The fourth-order valence-electron chi connectivity index (χ4n) is 3.28. The smallest absolute Gasteiger partial charge is 0.120 e. The first-order valence-corrected chi connectivity index (χ1v) is 7.97. The Balaban J connectivity index is 2.33. The highest BCUT2D eigenvalue weighted by Crippen LogP contribution is 2.48. The second-order valence-electron chi connectivity index (χ2n) is 5.74. The summed E-state index contributed by atoms with van der Waals surface area (Å²) < 4.78 is 6.43. The largest absolute Gasteiger partial charge is 0.497 e. The molecule has 1 fully saturated rings. The van der Waals surface area contributed by atoms with E-state index in [1.54, 1.807) is 7.11 Å². The maximum atomic E-state index is 5.29. The molecule has 1 aliphatic rings. The van der Waals surface area contributed by atoms with E-state index in [0.717, 1.165) is 16.8 Å². The van der Waals surface area contributed by atoms with E-state index in [4.69, 9.17) is 4.74 Å². The van der Waals surface area contributed by atoms with E-state index in [1.165, 1.54) is 31.2 Å². The molecule has 0 amide bonds. The molecular formula is C16H24BrNO. The summed E-state index contributed by atoms with van der Waals surface area (Å²) in [6, 6.07) is 6.74. The lowest BCUT2D eigenvalue weighted by atomic mass is 9.77. The molecular weight excluding hydrogens is 302 g/mol. The summed E-state index contributed by atoms with van der Waals surface area (Å²) in [5.74, 6) is 0.905. The van der Waals surface area contributed by atoms with E-state index in [1.807, 2.05) is 0 Å². The van der Waals surface area contributed by atoms with Gasteiger partial charge in [0.25, 0.3) is 0 Å². The summed E-state index contributed by atoms with van der Waals surface area (Å²) in [6.07, 6.45) is 5.32. The van der Waals surface area contributed by atoms with Crippen LogP contribution in [0.3, 0.4) is 0 Å². The van der Waals surface area contributed by atoms with Gasteiger partial charge in [-0.05, 0) is 42.5 Å². The van der Waals surface area contributed by atoms with Gasteiger partial charge in [0.1, 0.15) is 5.75 Å². The van der Waals surface area contributed by atoms with Crippen LogP contribution in [0.4, 0.5) is 0 Å². The lowest BCUT2D eigenvalue weighted by Gasteiger charge is -2.36. The molecule has 2 nitrogen and oxygen atoms in total. The molecule has 0 bridgehead atoms. The number of methoxy groups -OCH3 is 1. The summed E-state index contributed by atoms with van der Waals surface area (Å²) in [5, 5.41) is 3.69. The maximum Gasteiger partial charge on any atom is 0.120 e. The van der Waals surface area contributed by atoms with Crippen molar-refractivity contribution in [3.63, 3.8) is 0 Å². The van der Waals surface area contributed by atoms with Crippen LogP contribution in [-0.2, 0) is 0 Å². The number of rotatable bonds is 5. The van der Waals surface area contributed by atoms with Crippen LogP contribution < -0.4 is 10.1 Å². The minimum absolute atomic E-state index is 0.368. The van der Waals surface area contributed by atoms with E-state index < -0.39 is 0 Å². The molecule has 1 unspecified atom stereocenters. The standard InChI is InChI=1S/C16H24BrNO/c1-4-18-15(16(2)9-5-6-10-16)13-8-7-12(19-3)11-14(13)17/h7-8,11,15,18H,4-6,9-10H2,1-3H3. The first-order chi connectivity index (χ1) is 9.10. The third-order valence-corrected chi connectivity index (χ3v) is 5.06. The SMILES string of the molecule is CCNC(c1ccc(OC)cc1Br)C1(C)CCCC1. The van der Waals surface area contributed by atoms with Crippen LogP contribution in [0.2, 0.25) is 0 Å². The molecule has 1 aromatic carbocycles. The zero-order chi connectivity index (χ0) is 13.9. The van der Waals surface area contributed by atoms with Crippen LogP contribution in [0.15, 0.2) is 22.7 Å². The molecule has 0 heterocycles. The first kappa shape index (κ1) is 14.9. The Morgan fingerprint density at radius 3 is 2.58 bits per heavy atom. The molecule has 1 N–H and O–H groups in total. The molecule has 0 saturated heterocycles. The lowest BCUT2D eigenvalue weighted by Crippen LogP contribution is -2.34. The fourth-order valence-corrected chi connectivity index (χ4v) is 3.86. The van der Waals surface area contributed by atoms with Crippen LogP contribution in [0, 0.1) is 5.41 Å². The number of ether oxygens (including phenoxy) is 1. The molecule has 1 aromatic rings. The van der Waals surface area contributed by atoms with Crippen LogP contribution in [-0.4, -0.2) is 13.7 Å². The van der Waals surface area contributed by atoms with Crippen molar-refractivity contribution in [3.05, 3.63) is 28.2 Å². The fraction of sp³-hybridized carbons (Fsp3) is 0.625. The first-order valence-electron chi connectivity index (χ1n) is 7.17. The highest BCUT2D eigenvalue weighted by molar-refractivity contribution is 9.10. The van der Waals surface area contributed by atoms with Gasteiger partial charge in [0, 0.05) is 10.5 Å². The van der Waals surface area contributed by atoms with Crippen molar-refractivity contribution in [1.29, 1.82) is 0 Å². The number of benzene rings is 1. The molecule has 0 aliphatic heterocycles. The van der Waals surface area contributed by atoms with Crippen LogP contribution in [0.25, 0.3) is 0 Å². The molecule has 1 atom stereocenters. The van der Waals surface area contributed by atoms with Gasteiger partial charge in [-0.3, -0.25) is 0 Å². The van der Waals surface area contributed by atoms with Crippen molar-refractivity contribution in [2.45, 2.75) is 45.6 Å². The summed E-state index contributed by atoms with van der Waals surface area (Å²) in [7, 11) is 1.71. The lowest BCUT2D eigenvalue weighted by molar-refractivity contribution is 0.225. The van der Waals surface area contributed by atoms with Gasteiger partial charge in [-0.2, -0.15) is 0 Å². The zero-order valence-corrected chi connectivity index (χ0v) is 13.7. The van der Waals surface area contributed by atoms with Crippen molar-refractivity contribution in [2.24, 2.45) is 5.41 Å². The minimum atomic E-state index is 0.368. The number of halogens is 1. The second kappa shape index (κ2) is 6.27. The quantitative estimate of drug-likeness (QED) is 0.848.